The molecule has 1 aromatic heterocycles. The summed E-state index contributed by atoms with van der Waals surface area (Å²) in [5.41, 5.74) is 1.20. The Morgan fingerprint density at radius 3 is 2.50 bits per heavy atom. The first kappa shape index (κ1) is 13.1. The van der Waals surface area contributed by atoms with Gasteiger partial charge < -0.3 is 10.0 Å². The van der Waals surface area contributed by atoms with Crippen molar-refractivity contribution in [2.24, 2.45) is 0 Å². The van der Waals surface area contributed by atoms with E-state index >= 15 is 0 Å². The summed E-state index contributed by atoms with van der Waals surface area (Å²) in [4.78, 5) is 6.42. The van der Waals surface area contributed by atoms with E-state index in [0.717, 1.165) is 16.8 Å². The topological polar surface area (TPSA) is 36.4 Å². The van der Waals surface area contributed by atoms with Crippen LogP contribution in [0, 0.1) is 0 Å². The molecule has 0 saturated heterocycles. The number of halogens is 1. The van der Waals surface area contributed by atoms with E-state index in [-0.39, 0.29) is 6.61 Å². The van der Waals surface area contributed by atoms with Crippen LogP contribution in [0.1, 0.15) is 5.56 Å². The molecule has 94 valence electrons. The van der Waals surface area contributed by atoms with Crippen LogP contribution >= 0.6 is 15.9 Å². The van der Waals surface area contributed by atoms with Crippen LogP contribution < -0.4 is 4.90 Å². The van der Waals surface area contributed by atoms with Crippen molar-refractivity contribution in [3.8, 4) is 0 Å². The molecule has 3 nitrogen and oxygen atoms in total. The molecule has 0 amide bonds. The van der Waals surface area contributed by atoms with Gasteiger partial charge in [-0.1, -0.05) is 30.3 Å². The number of aromatic nitrogens is 1. The monoisotopic (exact) mass is 306 g/mol. The Bertz CT molecular complexity index is 473. The maximum atomic E-state index is 9.15. The van der Waals surface area contributed by atoms with Crippen LogP contribution in [0.25, 0.3) is 0 Å². The van der Waals surface area contributed by atoms with Crippen LogP contribution in [0.3, 0.4) is 0 Å². The zero-order valence-electron chi connectivity index (χ0n) is 9.96. The fraction of sp³-hybridized carbons (Fsp3) is 0.214. The van der Waals surface area contributed by atoms with Gasteiger partial charge in [-0.25, -0.2) is 4.98 Å². The van der Waals surface area contributed by atoms with E-state index in [1.165, 1.54) is 5.56 Å². The van der Waals surface area contributed by atoms with Gasteiger partial charge in [-0.05, 0) is 33.6 Å². The molecule has 0 aliphatic heterocycles. The Balaban J connectivity index is 2.15. The van der Waals surface area contributed by atoms with Crippen LogP contribution in [-0.4, -0.2) is 23.2 Å². The Hall–Kier alpha value is -1.39. The van der Waals surface area contributed by atoms with E-state index in [4.69, 9.17) is 5.11 Å². The van der Waals surface area contributed by atoms with Gasteiger partial charge in [0.25, 0.3) is 0 Å². The lowest BCUT2D eigenvalue weighted by molar-refractivity contribution is 0.301. The highest BCUT2D eigenvalue weighted by Crippen LogP contribution is 2.16. The van der Waals surface area contributed by atoms with Crippen molar-refractivity contribution >= 4 is 21.7 Å². The Labute approximate surface area is 115 Å². The standard InChI is InChI=1S/C14H15BrN2O/c15-13-6-7-14(16-10-13)17(8-9-18)11-12-4-2-1-3-5-12/h1-7,10,18H,8-9,11H2. The van der Waals surface area contributed by atoms with Crippen LogP contribution in [0.4, 0.5) is 5.82 Å². The molecule has 1 N–H and O–H groups in total. The minimum absolute atomic E-state index is 0.116. The van der Waals surface area contributed by atoms with Crippen LogP contribution in [0.2, 0.25) is 0 Å². The third kappa shape index (κ3) is 3.55. The van der Waals surface area contributed by atoms with Crippen molar-refractivity contribution in [3.63, 3.8) is 0 Å². The largest absolute Gasteiger partial charge is 0.395 e. The normalized spacial score (nSPS) is 10.3. The highest BCUT2D eigenvalue weighted by molar-refractivity contribution is 9.10. The van der Waals surface area contributed by atoms with E-state index in [2.05, 4.69) is 37.9 Å². The van der Waals surface area contributed by atoms with Gasteiger partial charge in [0, 0.05) is 23.8 Å². The molecule has 18 heavy (non-hydrogen) atoms. The molecular formula is C14H15BrN2O. The van der Waals surface area contributed by atoms with Crippen LogP contribution in [0.15, 0.2) is 53.1 Å². The lowest BCUT2D eigenvalue weighted by Gasteiger charge is -2.22. The number of hydrogen-bond acceptors (Lipinski definition) is 3. The summed E-state index contributed by atoms with van der Waals surface area (Å²) >= 11 is 3.37. The number of rotatable bonds is 5. The number of aliphatic hydroxyl groups is 1. The zero-order chi connectivity index (χ0) is 12.8. The van der Waals surface area contributed by atoms with E-state index in [9.17, 15) is 0 Å². The molecule has 1 heterocycles. The molecule has 0 aliphatic rings. The van der Waals surface area contributed by atoms with Crippen molar-refractivity contribution in [1.82, 2.24) is 4.98 Å². The molecular weight excluding hydrogens is 292 g/mol. The molecule has 0 aliphatic carbocycles. The average Bonchev–Trinajstić information content (AvgIpc) is 2.40. The summed E-state index contributed by atoms with van der Waals surface area (Å²) in [7, 11) is 0. The van der Waals surface area contributed by atoms with Gasteiger partial charge in [0.05, 0.1) is 6.61 Å². The first-order chi connectivity index (χ1) is 8.79. The molecule has 0 spiro atoms. The molecule has 2 aromatic rings. The summed E-state index contributed by atoms with van der Waals surface area (Å²) in [5.74, 6) is 0.871. The summed E-state index contributed by atoms with van der Waals surface area (Å²) in [5, 5.41) is 9.15. The molecule has 0 fully saturated rings. The van der Waals surface area contributed by atoms with Crippen LogP contribution in [-0.2, 0) is 6.54 Å². The van der Waals surface area contributed by atoms with Crippen LogP contribution in [0.5, 0.6) is 0 Å². The minimum Gasteiger partial charge on any atom is -0.395 e. The summed E-state index contributed by atoms with van der Waals surface area (Å²) in [6.45, 7) is 1.43. The predicted octanol–water partition coefficient (Wildman–Crippen LogP) is 2.84. The van der Waals surface area contributed by atoms with Crippen molar-refractivity contribution < 1.29 is 5.11 Å². The van der Waals surface area contributed by atoms with Gasteiger partial charge in [-0.15, -0.1) is 0 Å². The Kier molecular flexibility index (Phi) is 4.73. The van der Waals surface area contributed by atoms with E-state index < -0.39 is 0 Å². The van der Waals surface area contributed by atoms with Gasteiger partial charge in [-0.3, -0.25) is 0 Å². The van der Waals surface area contributed by atoms with Crippen molar-refractivity contribution in [1.29, 1.82) is 0 Å². The van der Waals surface area contributed by atoms with Gasteiger partial charge >= 0.3 is 0 Å². The fourth-order valence-electron chi connectivity index (χ4n) is 1.75. The molecule has 0 bridgehead atoms. The highest BCUT2D eigenvalue weighted by Gasteiger charge is 2.07. The van der Waals surface area contributed by atoms with E-state index in [1.54, 1.807) is 6.20 Å². The number of aliphatic hydroxyl groups excluding tert-OH is 1. The Morgan fingerprint density at radius 2 is 1.89 bits per heavy atom. The molecule has 2 rings (SSSR count). The first-order valence-corrected chi connectivity index (χ1v) is 6.60. The summed E-state index contributed by atoms with van der Waals surface area (Å²) < 4.78 is 0.954. The summed E-state index contributed by atoms with van der Waals surface area (Å²) in [6, 6.07) is 14.1. The fourth-order valence-corrected chi connectivity index (χ4v) is 1.99. The molecule has 1 aromatic carbocycles. The smallest absolute Gasteiger partial charge is 0.128 e. The Morgan fingerprint density at radius 1 is 1.11 bits per heavy atom. The summed E-state index contributed by atoms with van der Waals surface area (Å²) in [6.07, 6.45) is 1.77. The number of anilines is 1. The van der Waals surface area contributed by atoms with Gasteiger partial charge in [0.15, 0.2) is 0 Å². The lowest BCUT2D eigenvalue weighted by atomic mass is 10.2. The highest BCUT2D eigenvalue weighted by atomic mass is 79.9. The lowest BCUT2D eigenvalue weighted by Crippen LogP contribution is -2.26. The number of nitrogens with zero attached hydrogens (tertiary/aromatic N) is 2. The molecule has 0 atom stereocenters. The maximum absolute atomic E-state index is 9.15. The van der Waals surface area contributed by atoms with Gasteiger partial charge in [0.1, 0.15) is 5.82 Å². The molecule has 4 heteroatoms. The van der Waals surface area contributed by atoms with E-state index in [0.29, 0.717) is 6.54 Å². The predicted molar refractivity (Wildman–Crippen MR) is 76.5 cm³/mol. The average molecular weight is 307 g/mol. The number of benzene rings is 1. The quantitative estimate of drug-likeness (QED) is 0.923. The van der Waals surface area contributed by atoms with Gasteiger partial charge in [0.2, 0.25) is 0 Å². The second-order valence-corrected chi connectivity index (χ2v) is 4.88. The molecule has 0 unspecified atom stereocenters. The number of pyridine rings is 1. The first-order valence-electron chi connectivity index (χ1n) is 5.81. The number of hydrogen-bond donors (Lipinski definition) is 1. The molecule has 0 saturated carbocycles. The van der Waals surface area contributed by atoms with Crippen molar-refractivity contribution in [3.05, 3.63) is 58.7 Å². The van der Waals surface area contributed by atoms with Gasteiger partial charge in [-0.2, -0.15) is 0 Å². The zero-order valence-corrected chi connectivity index (χ0v) is 11.5. The SMILES string of the molecule is OCCN(Cc1ccccc1)c1ccc(Br)cn1. The van der Waals surface area contributed by atoms with E-state index in [1.807, 2.05) is 30.3 Å². The minimum atomic E-state index is 0.116. The third-order valence-electron chi connectivity index (χ3n) is 2.62. The molecule has 0 radical (unpaired) electrons. The van der Waals surface area contributed by atoms with Crippen molar-refractivity contribution in [2.75, 3.05) is 18.1 Å². The second kappa shape index (κ2) is 6.52. The third-order valence-corrected chi connectivity index (χ3v) is 3.09. The second-order valence-electron chi connectivity index (χ2n) is 3.97. The van der Waals surface area contributed by atoms with Crippen molar-refractivity contribution in [2.45, 2.75) is 6.54 Å². The maximum Gasteiger partial charge on any atom is 0.128 e.